The molecule has 1 aliphatic carbocycles. The molecule has 0 amide bonds. The van der Waals surface area contributed by atoms with Crippen LogP contribution in [0.4, 0.5) is 0 Å². The zero-order chi connectivity index (χ0) is 14.8. The molecule has 1 aliphatic rings. The number of fused-ring (bicyclic) bond motifs is 1. The highest BCUT2D eigenvalue weighted by Gasteiger charge is 2.29. The van der Waals surface area contributed by atoms with E-state index in [1.807, 2.05) is 0 Å². The topological polar surface area (TPSA) is 20.2 Å². The van der Waals surface area contributed by atoms with Crippen LogP contribution < -0.4 is 0 Å². The average Bonchev–Trinajstić information content (AvgIpc) is 2.50. The summed E-state index contributed by atoms with van der Waals surface area (Å²) in [6.07, 6.45) is 4.22. The number of aliphatic hydroxyl groups is 1. The van der Waals surface area contributed by atoms with Gasteiger partial charge in [0, 0.05) is 0 Å². The Labute approximate surface area is 128 Å². The van der Waals surface area contributed by atoms with Crippen LogP contribution in [0.5, 0.6) is 0 Å². The number of benzene rings is 2. The zero-order valence-corrected chi connectivity index (χ0v) is 13.1. The Hall–Kier alpha value is -1.34. The molecule has 2 aromatic rings. The molecule has 2 aromatic carbocycles. The zero-order valence-electron chi connectivity index (χ0n) is 13.1. The van der Waals surface area contributed by atoms with Gasteiger partial charge >= 0.3 is 0 Å². The lowest BCUT2D eigenvalue weighted by atomic mass is 9.73. The van der Waals surface area contributed by atoms with Gasteiger partial charge in [-0.1, -0.05) is 62.7 Å². The van der Waals surface area contributed by atoms with E-state index in [0.717, 1.165) is 18.3 Å². The summed E-state index contributed by atoms with van der Waals surface area (Å²) in [4.78, 5) is 0. The summed E-state index contributed by atoms with van der Waals surface area (Å²) < 4.78 is 0. The fourth-order valence-corrected chi connectivity index (χ4v) is 3.71. The molecule has 0 aromatic heterocycles. The summed E-state index contributed by atoms with van der Waals surface area (Å²) in [5.41, 5.74) is 1.26. The molecule has 3 rings (SSSR count). The molecular formula is C20H26O. The average molecular weight is 282 g/mol. The molecule has 112 valence electrons. The van der Waals surface area contributed by atoms with Gasteiger partial charge in [-0.2, -0.15) is 0 Å². The van der Waals surface area contributed by atoms with Crippen molar-refractivity contribution in [2.75, 3.05) is 0 Å². The fraction of sp³-hybridized carbons (Fsp3) is 0.500. The predicted molar refractivity (Wildman–Crippen MR) is 89.3 cm³/mol. The van der Waals surface area contributed by atoms with Crippen molar-refractivity contribution in [1.29, 1.82) is 0 Å². The number of hydrogen-bond acceptors (Lipinski definition) is 1. The third-order valence-corrected chi connectivity index (χ3v) is 5.44. The molecule has 0 aliphatic heterocycles. The van der Waals surface area contributed by atoms with E-state index in [4.69, 9.17) is 0 Å². The van der Waals surface area contributed by atoms with Crippen LogP contribution >= 0.6 is 0 Å². The van der Waals surface area contributed by atoms with Gasteiger partial charge < -0.3 is 5.11 Å². The molecule has 1 N–H and O–H groups in total. The molecule has 0 radical (unpaired) electrons. The van der Waals surface area contributed by atoms with E-state index in [0.29, 0.717) is 5.92 Å². The van der Waals surface area contributed by atoms with Crippen LogP contribution in [0.3, 0.4) is 0 Å². The van der Waals surface area contributed by atoms with Gasteiger partial charge in [0.1, 0.15) is 0 Å². The molecule has 1 saturated carbocycles. The second-order valence-corrected chi connectivity index (χ2v) is 6.98. The normalized spacial score (nSPS) is 27.7. The third kappa shape index (κ3) is 3.29. The lowest BCUT2D eigenvalue weighted by molar-refractivity contribution is 0.0570. The molecular weight excluding hydrogens is 256 g/mol. The highest BCUT2D eigenvalue weighted by molar-refractivity contribution is 5.82. The first-order chi connectivity index (χ1) is 10.1. The predicted octanol–water partition coefficient (Wildman–Crippen LogP) is 4.82. The quantitative estimate of drug-likeness (QED) is 0.856. The minimum Gasteiger partial charge on any atom is -0.392 e. The maximum atomic E-state index is 10.6. The maximum Gasteiger partial charge on any atom is 0.0608 e. The van der Waals surface area contributed by atoms with Crippen molar-refractivity contribution in [2.24, 2.45) is 17.8 Å². The number of rotatable bonds is 3. The monoisotopic (exact) mass is 282 g/mol. The van der Waals surface area contributed by atoms with E-state index in [-0.39, 0.29) is 6.10 Å². The van der Waals surface area contributed by atoms with Crippen LogP contribution in [0.25, 0.3) is 10.8 Å². The fourth-order valence-electron chi connectivity index (χ4n) is 3.71. The van der Waals surface area contributed by atoms with Crippen LogP contribution in [0.1, 0.15) is 38.7 Å². The second kappa shape index (κ2) is 6.19. The largest absolute Gasteiger partial charge is 0.392 e. The van der Waals surface area contributed by atoms with E-state index in [2.05, 4.69) is 56.3 Å². The molecule has 0 saturated heterocycles. The smallest absolute Gasteiger partial charge is 0.0608 e. The summed E-state index contributed by atoms with van der Waals surface area (Å²) >= 11 is 0. The van der Waals surface area contributed by atoms with E-state index < -0.39 is 0 Å². The van der Waals surface area contributed by atoms with Crippen LogP contribution in [0, 0.1) is 17.8 Å². The Kier molecular flexibility index (Phi) is 4.30. The molecule has 21 heavy (non-hydrogen) atoms. The summed E-state index contributed by atoms with van der Waals surface area (Å²) in [5.74, 6) is 2.03. The van der Waals surface area contributed by atoms with E-state index >= 15 is 0 Å². The summed E-state index contributed by atoms with van der Waals surface area (Å²) in [7, 11) is 0. The maximum absolute atomic E-state index is 10.6. The van der Waals surface area contributed by atoms with Gasteiger partial charge in [0.25, 0.3) is 0 Å². The third-order valence-electron chi connectivity index (χ3n) is 5.44. The van der Waals surface area contributed by atoms with Crippen molar-refractivity contribution in [3.05, 3.63) is 48.0 Å². The highest BCUT2D eigenvalue weighted by atomic mass is 16.3. The van der Waals surface area contributed by atoms with Gasteiger partial charge in [-0.05, 0) is 53.4 Å². The molecule has 4 unspecified atom stereocenters. The van der Waals surface area contributed by atoms with Gasteiger partial charge in [-0.25, -0.2) is 0 Å². The second-order valence-electron chi connectivity index (χ2n) is 6.98. The molecule has 0 bridgehead atoms. The first-order valence-corrected chi connectivity index (χ1v) is 8.29. The minimum atomic E-state index is -0.193. The van der Waals surface area contributed by atoms with Crippen LogP contribution in [0.15, 0.2) is 42.5 Å². The van der Waals surface area contributed by atoms with Gasteiger partial charge in [0.2, 0.25) is 0 Å². The van der Waals surface area contributed by atoms with Crippen LogP contribution in [-0.4, -0.2) is 11.2 Å². The van der Waals surface area contributed by atoms with Crippen molar-refractivity contribution in [3.63, 3.8) is 0 Å². The first-order valence-electron chi connectivity index (χ1n) is 8.29. The van der Waals surface area contributed by atoms with Crippen LogP contribution in [-0.2, 0) is 6.42 Å². The first kappa shape index (κ1) is 14.6. The molecule has 0 spiro atoms. The Morgan fingerprint density at radius 2 is 1.76 bits per heavy atom. The summed E-state index contributed by atoms with van der Waals surface area (Å²) in [5, 5.41) is 13.1. The van der Waals surface area contributed by atoms with E-state index in [1.165, 1.54) is 35.6 Å². The SMILES string of the molecule is CC1CCC(C(O)Cc2ccc3ccccc3c2)CC1C. The summed E-state index contributed by atoms with van der Waals surface area (Å²) in [6.45, 7) is 4.68. The highest BCUT2D eigenvalue weighted by Crippen LogP contribution is 2.35. The molecule has 4 atom stereocenters. The van der Waals surface area contributed by atoms with Crippen molar-refractivity contribution in [2.45, 2.75) is 45.6 Å². The van der Waals surface area contributed by atoms with Crippen LogP contribution in [0.2, 0.25) is 0 Å². The Bertz CT molecular complexity index is 604. The molecule has 1 nitrogen and oxygen atoms in total. The van der Waals surface area contributed by atoms with Gasteiger partial charge in [-0.15, -0.1) is 0 Å². The van der Waals surface area contributed by atoms with Gasteiger partial charge in [-0.3, -0.25) is 0 Å². The van der Waals surface area contributed by atoms with E-state index in [1.54, 1.807) is 0 Å². The van der Waals surface area contributed by atoms with Crippen molar-refractivity contribution < 1.29 is 5.11 Å². The van der Waals surface area contributed by atoms with E-state index in [9.17, 15) is 5.11 Å². The van der Waals surface area contributed by atoms with Crippen molar-refractivity contribution in [1.82, 2.24) is 0 Å². The Balaban J connectivity index is 1.69. The number of hydrogen-bond donors (Lipinski definition) is 1. The molecule has 1 heteroatoms. The Morgan fingerprint density at radius 1 is 1.00 bits per heavy atom. The standard InChI is InChI=1S/C20H26O/c1-14-7-9-19(11-15(14)2)20(21)13-16-8-10-17-5-3-4-6-18(17)12-16/h3-6,8,10,12,14-15,19-21H,7,9,11,13H2,1-2H3. The lowest BCUT2D eigenvalue weighted by Crippen LogP contribution is -2.30. The summed E-state index contributed by atoms with van der Waals surface area (Å²) in [6, 6.07) is 15.0. The molecule has 0 heterocycles. The van der Waals surface area contributed by atoms with Crippen molar-refractivity contribution >= 4 is 10.8 Å². The Morgan fingerprint density at radius 3 is 2.52 bits per heavy atom. The van der Waals surface area contributed by atoms with Crippen molar-refractivity contribution in [3.8, 4) is 0 Å². The number of aliphatic hydroxyl groups excluding tert-OH is 1. The molecule has 1 fully saturated rings. The lowest BCUT2D eigenvalue weighted by Gasteiger charge is -2.34. The van der Waals surface area contributed by atoms with Gasteiger partial charge in [0.05, 0.1) is 6.10 Å². The minimum absolute atomic E-state index is 0.193. The van der Waals surface area contributed by atoms with Gasteiger partial charge in [0.15, 0.2) is 0 Å².